The van der Waals surface area contributed by atoms with Gasteiger partial charge < -0.3 is 28.8 Å². The quantitative estimate of drug-likeness (QED) is 0.163. The number of hydrogen-bond acceptors (Lipinski definition) is 9. The van der Waals surface area contributed by atoms with Crippen molar-refractivity contribution in [3.8, 4) is 23.0 Å². The van der Waals surface area contributed by atoms with Crippen molar-refractivity contribution in [2.24, 2.45) is 0 Å². The van der Waals surface area contributed by atoms with E-state index in [1.807, 2.05) is 13.0 Å². The third-order valence-electron chi connectivity index (χ3n) is 5.98. The van der Waals surface area contributed by atoms with E-state index in [2.05, 4.69) is 4.74 Å². The average molecular weight is 539 g/mol. The number of fused-ring (bicyclic) bond motifs is 1. The first kappa shape index (κ1) is 29.4. The van der Waals surface area contributed by atoms with Crippen LogP contribution in [0, 0.1) is 0 Å². The van der Waals surface area contributed by atoms with Crippen LogP contribution in [0.25, 0.3) is 10.8 Å². The van der Waals surface area contributed by atoms with Crippen molar-refractivity contribution < 1.29 is 43.2 Å². The Kier molecular flexibility index (Phi) is 10.7. The Bertz CT molecular complexity index is 1330. The normalized spacial score (nSPS) is 10.8. The van der Waals surface area contributed by atoms with E-state index in [1.165, 1.54) is 21.0 Å². The van der Waals surface area contributed by atoms with Gasteiger partial charge in [-0.2, -0.15) is 0 Å². The highest BCUT2D eigenvalue weighted by Crippen LogP contribution is 2.33. The molecule has 0 aromatic heterocycles. The zero-order chi connectivity index (χ0) is 28.4. The number of esters is 1. The molecule has 1 N–H and O–H groups in total. The van der Waals surface area contributed by atoms with Crippen LogP contribution in [0.2, 0.25) is 0 Å². The van der Waals surface area contributed by atoms with Crippen molar-refractivity contribution in [2.45, 2.75) is 33.6 Å². The van der Waals surface area contributed by atoms with E-state index in [9.17, 15) is 19.5 Å². The monoisotopic (exact) mass is 538 g/mol. The van der Waals surface area contributed by atoms with E-state index in [4.69, 9.17) is 18.9 Å². The number of ketones is 2. The molecule has 39 heavy (non-hydrogen) atoms. The average Bonchev–Trinajstić information content (AvgIpc) is 2.91. The molecule has 3 aromatic rings. The van der Waals surface area contributed by atoms with Crippen molar-refractivity contribution in [2.75, 3.05) is 40.1 Å². The molecule has 0 radical (unpaired) electrons. The van der Waals surface area contributed by atoms with Gasteiger partial charge in [-0.1, -0.05) is 25.5 Å². The number of Topliss-reactive ketones (excluding diaryl/α,β-unsaturated/α-hetero) is 2. The molecule has 3 aromatic carbocycles. The van der Waals surface area contributed by atoms with Crippen LogP contribution >= 0.6 is 0 Å². The smallest absolute Gasteiger partial charge is 0.343 e. The van der Waals surface area contributed by atoms with Crippen molar-refractivity contribution in [3.05, 3.63) is 59.2 Å². The second kappa shape index (κ2) is 14.2. The van der Waals surface area contributed by atoms with E-state index in [1.54, 1.807) is 36.4 Å². The zero-order valence-corrected chi connectivity index (χ0v) is 22.7. The van der Waals surface area contributed by atoms with Crippen molar-refractivity contribution in [1.82, 2.24) is 0 Å². The highest BCUT2D eigenvalue weighted by Gasteiger charge is 2.17. The molecule has 0 saturated heterocycles. The molecule has 0 spiro atoms. The molecule has 0 unspecified atom stereocenters. The number of phenolic OH excluding ortho intramolecular Hbond substituents is 1. The highest BCUT2D eigenvalue weighted by atomic mass is 16.6. The minimum absolute atomic E-state index is 0.0324. The third kappa shape index (κ3) is 7.70. The van der Waals surface area contributed by atoms with E-state index in [0.717, 1.165) is 11.8 Å². The van der Waals surface area contributed by atoms with Crippen LogP contribution in [0.15, 0.2) is 42.5 Å². The third-order valence-corrected chi connectivity index (χ3v) is 5.98. The molecule has 9 nitrogen and oxygen atoms in total. The number of benzene rings is 3. The molecule has 0 aliphatic carbocycles. The van der Waals surface area contributed by atoms with Gasteiger partial charge in [0.05, 0.1) is 31.5 Å². The molecule has 0 atom stereocenters. The Balaban J connectivity index is 1.56. The van der Waals surface area contributed by atoms with Crippen LogP contribution < -0.4 is 14.2 Å². The minimum atomic E-state index is -0.505. The fourth-order valence-electron chi connectivity index (χ4n) is 4.11. The highest BCUT2D eigenvalue weighted by molar-refractivity contribution is 6.09. The molecular formula is C30H34O9. The van der Waals surface area contributed by atoms with Crippen LogP contribution in [0.1, 0.15) is 53.5 Å². The summed E-state index contributed by atoms with van der Waals surface area (Å²) in [5, 5.41) is 11.9. The van der Waals surface area contributed by atoms with Gasteiger partial charge in [0, 0.05) is 5.56 Å². The summed E-state index contributed by atoms with van der Waals surface area (Å²) in [5.41, 5.74) is 1.31. The number of aromatic hydroxyl groups is 1. The standard InChI is InChI=1S/C30H34O9/c1-5-6-24-26(12-10-23(19(2)31)30(24)34)37-15-13-36-14-16-38-27-11-8-21-7-9-22(39-18-28(33)35-4)17-25(21)29(27)20(3)32/h7-12,17,34H,5-6,13-16,18H2,1-4H3. The number of carbonyl (C=O) groups excluding carboxylic acids is 3. The van der Waals surface area contributed by atoms with Gasteiger partial charge in [0.15, 0.2) is 18.2 Å². The molecule has 0 fully saturated rings. The Hall–Kier alpha value is -4.11. The van der Waals surface area contributed by atoms with Crippen LogP contribution in [0.3, 0.4) is 0 Å². The summed E-state index contributed by atoms with van der Waals surface area (Å²) in [5.74, 6) is 0.469. The molecule has 0 aliphatic rings. The molecule has 3 rings (SSSR count). The van der Waals surface area contributed by atoms with E-state index in [0.29, 0.717) is 40.2 Å². The second-order valence-electron chi connectivity index (χ2n) is 8.80. The van der Waals surface area contributed by atoms with E-state index < -0.39 is 5.97 Å². The summed E-state index contributed by atoms with van der Waals surface area (Å²) in [6.07, 6.45) is 1.37. The van der Waals surface area contributed by atoms with Gasteiger partial charge in [0.1, 0.15) is 36.2 Å². The number of carbonyl (C=O) groups is 3. The van der Waals surface area contributed by atoms with Gasteiger partial charge in [0.2, 0.25) is 0 Å². The van der Waals surface area contributed by atoms with Crippen molar-refractivity contribution in [3.63, 3.8) is 0 Å². The maximum atomic E-state index is 12.5. The molecule has 0 bridgehead atoms. The summed E-state index contributed by atoms with van der Waals surface area (Å²) in [7, 11) is 1.28. The number of rotatable bonds is 15. The van der Waals surface area contributed by atoms with Gasteiger partial charge in [-0.15, -0.1) is 0 Å². The van der Waals surface area contributed by atoms with Gasteiger partial charge in [0.25, 0.3) is 0 Å². The molecular weight excluding hydrogens is 504 g/mol. The van der Waals surface area contributed by atoms with Crippen molar-refractivity contribution >= 4 is 28.3 Å². The van der Waals surface area contributed by atoms with Crippen molar-refractivity contribution in [1.29, 1.82) is 0 Å². The van der Waals surface area contributed by atoms with Gasteiger partial charge >= 0.3 is 5.97 Å². The first-order valence-corrected chi connectivity index (χ1v) is 12.7. The lowest BCUT2D eigenvalue weighted by molar-refractivity contribution is -0.142. The second-order valence-corrected chi connectivity index (χ2v) is 8.80. The number of methoxy groups -OCH3 is 1. The van der Waals surface area contributed by atoms with Crippen LogP contribution in [0.5, 0.6) is 23.0 Å². The Morgan fingerprint density at radius 2 is 1.49 bits per heavy atom. The molecule has 9 heteroatoms. The molecule has 0 aliphatic heterocycles. The SMILES string of the molecule is CCCc1c(OCCOCCOc2ccc3ccc(OCC(=O)OC)cc3c2C(C)=O)ccc(C(C)=O)c1O. The van der Waals surface area contributed by atoms with Crippen LogP contribution in [-0.2, 0) is 20.7 Å². The summed E-state index contributed by atoms with van der Waals surface area (Å²) < 4.78 is 27.3. The summed E-state index contributed by atoms with van der Waals surface area (Å²) in [6.45, 7) is 5.62. The Morgan fingerprint density at radius 3 is 2.13 bits per heavy atom. The number of hydrogen-bond donors (Lipinski definition) is 1. The first-order chi connectivity index (χ1) is 18.8. The lowest BCUT2D eigenvalue weighted by Gasteiger charge is -2.15. The summed E-state index contributed by atoms with van der Waals surface area (Å²) in [6, 6.07) is 12.1. The lowest BCUT2D eigenvalue weighted by Crippen LogP contribution is -2.14. The maximum absolute atomic E-state index is 12.5. The van der Waals surface area contributed by atoms with Crippen LogP contribution in [0.4, 0.5) is 0 Å². The molecule has 208 valence electrons. The van der Waals surface area contributed by atoms with Gasteiger partial charge in [-0.05, 0) is 61.4 Å². The fourth-order valence-corrected chi connectivity index (χ4v) is 4.11. The Labute approximate surface area is 227 Å². The Morgan fingerprint density at radius 1 is 0.821 bits per heavy atom. The summed E-state index contributed by atoms with van der Waals surface area (Å²) in [4.78, 5) is 35.6. The van der Waals surface area contributed by atoms with Gasteiger partial charge in [-0.25, -0.2) is 4.79 Å². The van der Waals surface area contributed by atoms with Gasteiger partial charge in [-0.3, -0.25) is 9.59 Å². The van der Waals surface area contributed by atoms with E-state index in [-0.39, 0.29) is 55.9 Å². The number of phenols is 1. The maximum Gasteiger partial charge on any atom is 0.343 e. The van der Waals surface area contributed by atoms with E-state index >= 15 is 0 Å². The fraction of sp³-hybridized carbons (Fsp3) is 0.367. The largest absolute Gasteiger partial charge is 0.507 e. The predicted molar refractivity (Wildman–Crippen MR) is 145 cm³/mol. The molecule has 0 amide bonds. The zero-order valence-electron chi connectivity index (χ0n) is 22.7. The first-order valence-electron chi connectivity index (χ1n) is 12.7. The lowest BCUT2D eigenvalue weighted by atomic mass is 10.0. The predicted octanol–water partition coefficient (Wildman–Crippen LogP) is 4.93. The van der Waals surface area contributed by atoms with Crippen LogP contribution in [-0.4, -0.2) is 62.8 Å². The minimum Gasteiger partial charge on any atom is -0.507 e. The molecule has 0 saturated carbocycles. The summed E-state index contributed by atoms with van der Waals surface area (Å²) >= 11 is 0. The number of ether oxygens (including phenoxy) is 5. The molecule has 0 heterocycles. The topological polar surface area (TPSA) is 118 Å².